The van der Waals surface area contributed by atoms with Gasteiger partial charge in [-0.2, -0.15) is 5.48 Å². The molecule has 344 valence electrons. The first-order valence-corrected chi connectivity index (χ1v) is 22.1. The number of ether oxygens (including phenoxy) is 4. The predicted octanol–water partition coefficient (Wildman–Crippen LogP) is 4.12. The molecule has 2 atom stereocenters. The van der Waals surface area contributed by atoms with E-state index < -0.39 is 18.1 Å². The van der Waals surface area contributed by atoms with Gasteiger partial charge in [0.1, 0.15) is 25.0 Å². The summed E-state index contributed by atoms with van der Waals surface area (Å²) in [6.07, 6.45) is 20.5. The zero-order valence-corrected chi connectivity index (χ0v) is 36.3. The number of hydrogen-bond donors (Lipinski definition) is 7. The molecule has 0 saturated heterocycles. The highest BCUT2D eigenvalue weighted by atomic mass is 16.5. The lowest BCUT2D eigenvalue weighted by Gasteiger charge is -2.14. The smallest absolute Gasteiger partial charge is 0.326 e. The van der Waals surface area contributed by atoms with Crippen LogP contribution in [0.4, 0.5) is 0 Å². The number of amides is 4. The van der Waals surface area contributed by atoms with E-state index in [0.717, 1.165) is 25.7 Å². The largest absolute Gasteiger partial charge is 0.480 e. The molecule has 0 heterocycles. The highest BCUT2D eigenvalue weighted by Gasteiger charge is 2.21. The van der Waals surface area contributed by atoms with E-state index in [2.05, 4.69) is 28.2 Å². The van der Waals surface area contributed by atoms with Crippen molar-refractivity contribution in [2.24, 2.45) is 0 Å². The highest BCUT2D eigenvalue weighted by molar-refractivity contribution is 5.84. The normalized spacial score (nSPS) is 12.1. The second-order valence-corrected chi connectivity index (χ2v) is 14.9. The van der Waals surface area contributed by atoms with E-state index in [0.29, 0.717) is 25.8 Å². The van der Waals surface area contributed by atoms with Gasteiger partial charge in [0.25, 0.3) is 0 Å². The molecule has 17 heteroatoms. The first-order chi connectivity index (χ1) is 28.6. The molecule has 0 aliphatic rings. The number of carbonyl (C=O) groups excluding carboxylic acids is 5. The zero-order valence-electron chi connectivity index (χ0n) is 36.3. The van der Waals surface area contributed by atoms with Crippen LogP contribution in [0.25, 0.3) is 0 Å². The minimum Gasteiger partial charge on any atom is -0.480 e. The maximum atomic E-state index is 12.3. The number of carboxylic acids is 1. The molecule has 0 fully saturated rings. The number of unbranched alkanes of at least 4 members (excludes halogenated alkanes) is 15. The van der Waals surface area contributed by atoms with E-state index in [-0.39, 0.29) is 115 Å². The molecule has 0 aliphatic heterocycles. The van der Waals surface area contributed by atoms with E-state index in [4.69, 9.17) is 24.2 Å². The molecule has 0 saturated carbocycles. The molecule has 0 spiro atoms. The van der Waals surface area contributed by atoms with Gasteiger partial charge >= 0.3 is 5.97 Å². The number of nitrogens with one attached hydrogen (secondary N) is 5. The first kappa shape index (κ1) is 55.8. The summed E-state index contributed by atoms with van der Waals surface area (Å²) in [6, 6.07) is -1.71. The van der Waals surface area contributed by atoms with Crippen LogP contribution >= 0.6 is 0 Å². The molecule has 17 nitrogen and oxygen atoms in total. The lowest BCUT2D eigenvalue weighted by atomic mass is 10.0. The number of rotatable bonds is 44. The van der Waals surface area contributed by atoms with E-state index in [1.54, 1.807) is 0 Å². The van der Waals surface area contributed by atoms with Crippen molar-refractivity contribution in [2.45, 2.75) is 161 Å². The first-order valence-electron chi connectivity index (χ1n) is 22.1. The third-order valence-electron chi connectivity index (χ3n) is 9.54. The molecule has 0 aliphatic carbocycles. The summed E-state index contributed by atoms with van der Waals surface area (Å²) in [7, 11) is 0. The molecule has 4 amide bonds. The monoisotopic (exact) mass is 846 g/mol. The Hall–Kier alpha value is -3.22. The molecule has 7 N–H and O–H groups in total. The van der Waals surface area contributed by atoms with Crippen molar-refractivity contribution in [1.29, 1.82) is 0 Å². The Morgan fingerprint density at radius 2 is 0.932 bits per heavy atom. The quantitative estimate of drug-likeness (QED) is 0.0338. The van der Waals surface area contributed by atoms with Crippen molar-refractivity contribution in [3.05, 3.63) is 0 Å². The van der Waals surface area contributed by atoms with Crippen molar-refractivity contribution < 1.29 is 58.0 Å². The van der Waals surface area contributed by atoms with Gasteiger partial charge in [-0.3, -0.25) is 24.0 Å². The molecule has 0 radical (unpaired) electrons. The lowest BCUT2D eigenvalue weighted by molar-refractivity contribution is -0.142. The lowest BCUT2D eigenvalue weighted by Crippen LogP contribution is -2.41. The molecular weight excluding hydrogens is 766 g/mol. The summed E-state index contributed by atoms with van der Waals surface area (Å²) in [5.41, 5.74) is 1.97. The topological polar surface area (TPSA) is 240 Å². The Labute approximate surface area is 352 Å². The van der Waals surface area contributed by atoms with Crippen molar-refractivity contribution in [2.75, 3.05) is 72.5 Å². The van der Waals surface area contributed by atoms with Crippen LogP contribution in [0.1, 0.15) is 149 Å². The van der Waals surface area contributed by atoms with Gasteiger partial charge in [-0.1, -0.05) is 96.8 Å². The fourth-order valence-electron chi connectivity index (χ4n) is 6.00. The predicted molar refractivity (Wildman–Crippen MR) is 224 cm³/mol. The van der Waals surface area contributed by atoms with Crippen LogP contribution in [0.3, 0.4) is 0 Å². The van der Waals surface area contributed by atoms with E-state index in [1.807, 2.05) is 5.48 Å². The van der Waals surface area contributed by atoms with E-state index >= 15 is 0 Å². The summed E-state index contributed by atoms with van der Waals surface area (Å²) in [6.45, 7) is 5.61. The number of ketones is 1. The van der Waals surface area contributed by atoms with E-state index in [9.17, 15) is 33.9 Å². The summed E-state index contributed by atoms with van der Waals surface area (Å²) >= 11 is 0. The molecular formula is C42H79N5O12. The minimum absolute atomic E-state index is 0.0106. The Bertz CT molecular complexity index is 1100. The van der Waals surface area contributed by atoms with Crippen LogP contribution in [-0.4, -0.2) is 130 Å². The van der Waals surface area contributed by atoms with Crippen LogP contribution in [-0.2, 0) is 47.7 Å². The number of carbonyl (C=O) groups is 6. The Morgan fingerprint density at radius 3 is 1.41 bits per heavy atom. The number of hydrogen-bond acceptors (Lipinski definition) is 12. The number of Topliss-reactive ketones (excluding diaryl/α,β-unsaturated/α-hetero) is 1. The van der Waals surface area contributed by atoms with Gasteiger partial charge in [-0.15, -0.1) is 0 Å². The average molecular weight is 846 g/mol. The molecule has 59 heavy (non-hydrogen) atoms. The van der Waals surface area contributed by atoms with Gasteiger partial charge in [0.2, 0.25) is 23.6 Å². The van der Waals surface area contributed by atoms with Gasteiger partial charge < -0.3 is 50.5 Å². The molecule has 1 unspecified atom stereocenters. The highest BCUT2D eigenvalue weighted by Crippen LogP contribution is 2.14. The van der Waals surface area contributed by atoms with Crippen LogP contribution in [0.5, 0.6) is 0 Å². The van der Waals surface area contributed by atoms with Gasteiger partial charge in [0.15, 0.2) is 0 Å². The van der Waals surface area contributed by atoms with Crippen molar-refractivity contribution in [3.63, 3.8) is 0 Å². The fourth-order valence-corrected chi connectivity index (χ4v) is 6.00. The second-order valence-electron chi connectivity index (χ2n) is 14.9. The third-order valence-corrected chi connectivity index (χ3v) is 9.54. The summed E-state index contributed by atoms with van der Waals surface area (Å²) in [5.74, 6) is -2.55. The van der Waals surface area contributed by atoms with Gasteiger partial charge in [0.05, 0.1) is 45.7 Å². The molecule has 0 bridgehead atoms. The SMILES string of the molecule is CCCCCCCCCCCCCCCCCC(=O)NC(CCC(=O)NCCOCCOCC(=O)NCCOCCOCC(=O)NCCCC[C@H](NO)C(C)=O)C(=O)O. The Morgan fingerprint density at radius 1 is 0.475 bits per heavy atom. The zero-order chi connectivity index (χ0) is 43.6. The molecule has 0 aromatic rings. The van der Waals surface area contributed by atoms with Crippen molar-refractivity contribution >= 4 is 35.4 Å². The van der Waals surface area contributed by atoms with Crippen molar-refractivity contribution in [1.82, 2.24) is 26.7 Å². The Kier molecular flexibility index (Phi) is 39.2. The third kappa shape index (κ3) is 38.7. The molecule has 0 aromatic carbocycles. The molecule has 0 rings (SSSR count). The van der Waals surface area contributed by atoms with Crippen LogP contribution in [0.15, 0.2) is 0 Å². The minimum atomic E-state index is -1.17. The standard InChI is InChI=1S/C42H79N5O12/c1-3-4-5-6-7-8-9-10-11-12-13-14-15-16-17-21-39(50)46-37(42(53)54)22-23-38(49)44-25-27-56-29-32-59-34-41(52)45-26-28-57-30-31-58-33-40(51)43-24-19-18-20-36(47-55)35(2)48/h36-37,47,55H,3-34H2,1-2H3,(H,43,51)(H,44,49)(H,45,52)(H,46,50)(H,53,54)/t36-,37?/m0/s1. The van der Waals surface area contributed by atoms with Crippen LogP contribution in [0.2, 0.25) is 0 Å². The van der Waals surface area contributed by atoms with Crippen LogP contribution < -0.4 is 26.7 Å². The van der Waals surface area contributed by atoms with Crippen LogP contribution in [0, 0.1) is 0 Å². The van der Waals surface area contributed by atoms with Gasteiger partial charge in [0, 0.05) is 32.5 Å². The summed E-state index contributed by atoms with van der Waals surface area (Å²) in [4.78, 5) is 71.1. The van der Waals surface area contributed by atoms with Gasteiger partial charge in [-0.05, 0) is 39.0 Å². The second kappa shape index (κ2) is 41.5. The number of aliphatic carboxylic acids is 1. The number of carboxylic acid groups (broad SMARTS) is 1. The maximum absolute atomic E-state index is 12.3. The van der Waals surface area contributed by atoms with Crippen molar-refractivity contribution in [3.8, 4) is 0 Å². The summed E-state index contributed by atoms with van der Waals surface area (Å²) < 4.78 is 21.3. The summed E-state index contributed by atoms with van der Waals surface area (Å²) in [5, 5.41) is 29.0. The van der Waals surface area contributed by atoms with Gasteiger partial charge in [-0.25, -0.2) is 4.79 Å². The van der Waals surface area contributed by atoms with E-state index in [1.165, 1.54) is 77.6 Å². The maximum Gasteiger partial charge on any atom is 0.326 e. The number of hydroxylamine groups is 1. The average Bonchev–Trinajstić information content (AvgIpc) is 3.20. The Balaban J connectivity index is 3.66. The fraction of sp³-hybridized carbons (Fsp3) is 0.857. The molecule has 0 aromatic heterocycles.